The third-order valence-electron chi connectivity index (χ3n) is 5.09. The molecule has 2 aromatic rings. The molecule has 0 aromatic carbocycles. The van der Waals surface area contributed by atoms with Crippen LogP contribution in [0.15, 0.2) is 36.7 Å². The van der Waals surface area contributed by atoms with Crippen LogP contribution in [0.5, 0.6) is 0 Å². The first-order chi connectivity index (χ1) is 12.4. The number of pyridine rings is 2. The lowest BCUT2D eigenvalue weighted by molar-refractivity contribution is -0.877. The predicted molar refractivity (Wildman–Crippen MR) is 105 cm³/mol. The fourth-order valence-corrected chi connectivity index (χ4v) is 3.55. The topological polar surface area (TPSA) is 17.0 Å². The van der Waals surface area contributed by atoms with Crippen molar-refractivity contribution in [3.05, 3.63) is 47.8 Å². The fourth-order valence-electron chi connectivity index (χ4n) is 3.55. The Labute approximate surface area is 158 Å². The van der Waals surface area contributed by atoms with Gasteiger partial charge in [0.2, 0.25) is 0 Å². The van der Waals surface area contributed by atoms with Gasteiger partial charge in [-0.3, -0.25) is 0 Å². The van der Waals surface area contributed by atoms with Gasteiger partial charge >= 0.3 is 6.67 Å². The van der Waals surface area contributed by atoms with E-state index in [9.17, 15) is 0 Å². The molecule has 0 aliphatic carbocycles. The van der Waals surface area contributed by atoms with E-state index in [1.54, 1.807) is 0 Å². The summed E-state index contributed by atoms with van der Waals surface area (Å²) < 4.78 is 10.5. The molecule has 0 fully saturated rings. The van der Waals surface area contributed by atoms with Crippen LogP contribution in [0.25, 0.3) is 11.4 Å². The molecule has 0 bridgehead atoms. The smallest absolute Gasteiger partial charge is 0.345 e. The van der Waals surface area contributed by atoms with Crippen LogP contribution < -0.4 is 9.13 Å². The van der Waals surface area contributed by atoms with Crippen molar-refractivity contribution in [2.24, 2.45) is 5.41 Å². The average Bonchev–Trinajstić information content (AvgIpc) is 2.93. The fraction of sp³-hybridized carbons (Fsp3) is 0.565. The molecule has 3 rings (SSSR count). The van der Waals surface area contributed by atoms with Crippen molar-refractivity contribution in [1.82, 2.24) is 0 Å². The van der Waals surface area contributed by atoms with Crippen LogP contribution in [0.3, 0.4) is 0 Å². The van der Waals surface area contributed by atoms with E-state index in [0.29, 0.717) is 12.0 Å². The minimum atomic E-state index is 0.470. The first kappa shape index (κ1) is 19.0. The number of nitrogens with zero attached hydrogens (tertiary/aromatic N) is 2. The van der Waals surface area contributed by atoms with Gasteiger partial charge in [-0.2, -0.15) is 0 Å². The van der Waals surface area contributed by atoms with Gasteiger partial charge in [-0.05, 0) is 36.3 Å². The summed E-state index contributed by atoms with van der Waals surface area (Å²) in [7, 11) is 0. The highest BCUT2D eigenvalue weighted by Crippen LogP contribution is 2.22. The van der Waals surface area contributed by atoms with E-state index in [4.69, 9.17) is 4.74 Å². The first-order valence-corrected chi connectivity index (χ1v) is 10.0. The molecule has 0 unspecified atom stereocenters. The van der Waals surface area contributed by atoms with Crippen molar-refractivity contribution in [2.75, 3.05) is 6.61 Å². The largest absolute Gasteiger partial charge is 0.377 e. The minimum absolute atomic E-state index is 0.470. The summed E-state index contributed by atoms with van der Waals surface area (Å²) >= 11 is 0. The van der Waals surface area contributed by atoms with Gasteiger partial charge in [-0.25, -0.2) is 0 Å². The molecule has 0 radical (unpaired) electrons. The third-order valence-corrected chi connectivity index (χ3v) is 5.09. The highest BCUT2D eigenvalue weighted by molar-refractivity contribution is 5.49. The molecule has 0 N–H and O–H groups in total. The molecule has 0 saturated heterocycles. The number of unbranched alkanes of at least 4 members (excludes halogenated alkanes) is 3. The van der Waals surface area contributed by atoms with Gasteiger partial charge in [-0.15, -0.1) is 9.13 Å². The quantitative estimate of drug-likeness (QED) is 0.428. The number of aromatic nitrogens is 2. The van der Waals surface area contributed by atoms with Gasteiger partial charge in [-0.1, -0.05) is 40.0 Å². The first-order valence-electron chi connectivity index (χ1n) is 10.0. The van der Waals surface area contributed by atoms with E-state index in [1.807, 2.05) is 0 Å². The summed E-state index contributed by atoms with van der Waals surface area (Å²) in [5, 5.41) is 0. The van der Waals surface area contributed by atoms with Crippen LogP contribution in [0.4, 0.5) is 0 Å². The third kappa shape index (κ3) is 5.14. The van der Waals surface area contributed by atoms with Crippen molar-refractivity contribution >= 4 is 0 Å². The number of hydrogen-bond acceptors (Lipinski definition) is 1. The second-order valence-electron chi connectivity index (χ2n) is 8.87. The molecule has 0 spiro atoms. The van der Waals surface area contributed by atoms with Gasteiger partial charge in [0, 0.05) is 30.9 Å². The second kappa shape index (κ2) is 8.30. The maximum Gasteiger partial charge on any atom is 0.345 e. The monoisotopic (exact) mass is 354 g/mol. The molecule has 3 nitrogen and oxygen atoms in total. The Morgan fingerprint density at radius 1 is 0.923 bits per heavy atom. The Hall–Kier alpha value is -1.74. The van der Waals surface area contributed by atoms with Crippen LogP contribution >= 0.6 is 0 Å². The highest BCUT2D eigenvalue weighted by atomic mass is 16.5. The van der Waals surface area contributed by atoms with E-state index >= 15 is 0 Å². The van der Waals surface area contributed by atoms with Crippen LogP contribution in [0, 0.1) is 12.3 Å². The molecule has 1 aliphatic heterocycles. The molecule has 0 atom stereocenters. The van der Waals surface area contributed by atoms with Gasteiger partial charge < -0.3 is 4.74 Å². The van der Waals surface area contributed by atoms with Gasteiger partial charge in [0.15, 0.2) is 12.4 Å². The van der Waals surface area contributed by atoms with E-state index in [1.165, 1.54) is 54.6 Å². The molecule has 140 valence electrons. The van der Waals surface area contributed by atoms with E-state index in [-0.39, 0.29) is 0 Å². The number of rotatable bonds is 8. The van der Waals surface area contributed by atoms with Gasteiger partial charge in [0.05, 0.1) is 6.61 Å². The molecule has 1 aliphatic rings. The Bertz CT molecular complexity index is 746. The summed E-state index contributed by atoms with van der Waals surface area (Å²) in [6.07, 6.45) is 10.8. The lowest BCUT2D eigenvalue weighted by Gasteiger charge is -2.17. The molecular formula is C23H34N2O+2. The van der Waals surface area contributed by atoms with Crippen LogP contribution in [0.1, 0.15) is 64.0 Å². The summed E-state index contributed by atoms with van der Waals surface area (Å²) in [4.78, 5) is 0. The maximum absolute atomic E-state index is 5.92. The molecule has 2 aromatic heterocycles. The zero-order valence-corrected chi connectivity index (χ0v) is 16.9. The summed E-state index contributed by atoms with van der Waals surface area (Å²) in [5.74, 6) is 0. The van der Waals surface area contributed by atoms with Gasteiger partial charge in [0.25, 0.3) is 11.4 Å². The summed E-state index contributed by atoms with van der Waals surface area (Å²) in [5.41, 5.74) is 5.62. The molecule has 3 heterocycles. The number of hydrogen-bond donors (Lipinski definition) is 0. The van der Waals surface area contributed by atoms with E-state index in [2.05, 4.69) is 73.5 Å². The molecule has 3 heteroatoms. The van der Waals surface area contributed by atoms with Crippen molar-refractivity contribution in [3.63, 3.8) is 0 Å². The minimum Gasteiger partial charge on any atom is -0.377 e. The second-order valence-corrected chi connectivity index (χ2v) is 8.87. The number of ether oxygens (including phenoxy) is 1. The van der Waals surface area contributed by atoms with Crippen LogP contribution in [-0.4, -0.2) is 6.61 Å². The van der Waals surface area contributed by atoms with Crippen molar-refractivity contribution in [1.29, 1.82) is 0 Å². The Morgan fingerprint density at radius 2 is 1.62 bits per heavy atom. The zero-order chi connectivity index (χ0) is 18.6. The lowest BCUT2D eigenvalue weighted by atomic mass is 9.89. The molecule has 0 amide bonds. The van der Waals surface area contributed by atoms with Crippen molar-refractivity contribution in [3.8, 4) is 11.4 Å². The van der Waals surface area contributed by atoms with Crippen molar-refractivity contribution in [2.45, 2.75) is 73.1 Å². The Balaban J connectivity index is 1.43. The molecule has 0 saturated carbocycles. The maximum atomic E-state index is 5.92. The zero-order valence-electron chi connectivity index (χ0n) is 16.9. The van der Waals surface area contributed by atoms with E-state index in [0.717, 1.165) is 13.3 Å². The van der Waals surface area contributed by atoms with Gasteiger partial charge in [0.1, 0.15) is 0 Å². The van der Waals surface area contributed by atoms with Crippen LogP contribution in [0.2, 0.25) is 0 Å². The number of aryl methyl sites for hydroxylation is 1. The SMILES string of the molecule is Cc1cc[n+]2c(c1)-c1cc(COCCCCCCC(C)(C)C)cc[n+]1C2. The lowest BCUT2D eigenvalue weighted by Crippen LogP contribution is -2.44. The molecule has 26 heavy (non-hydrogen) atoms. The van der Waals surface area contributed by atoms with Crippen molar-refractivity contribution < 1.29 is 13.9 Å². The van der Waals surface area contributed by atoms with E-state index < -0.39 is 0 Å². The number of fused-ring (bicyclic) bond motifs is 3. The standard InChI is InChI=1S/C23H34N2O/c1-19-9-12-24-18-25-13-10-20(16-22(25)21(24)15-19)17-26-14-8-6-5-7-11-23(2,3)4/h9-10,12-13,15-16H,5-8,11,14,17-18H2,1-4H3/q+2. The Kier molecular flexibility index (Phi) is 6.08. The summed E-state index contributed by atoms with van der Waals surface area (Å²) in [6, 6.07) is 8.90. The highest BCUT2D eigenvalue weighted by Gasteiger charge is 2.33. The average molecular weight is 355 g/mol. The summed E-state index contributed by atoms with van der Waals surface area (Å²) in [6.45, 7) is 11.6. The normalized spacial score (nSPS) is 12.9. The molecular weight excluding hydrogens is 320 g/mol. The Morgan fingerprint density at radius 3 is 2.38 bits per heavy atom. The predicted octanol–water partition coefficient (Wildman–Crippen LogP) is 4.57. The van der Waals surface area contributed by atoms with Crippen LogP contribution in [-0.2, 0) is 18.0 Å².